The molecule has 0 spiro atoms. The fourth-order valence-corrected chi connectivity index (χ4v) is 3.50. The lowest BCUT2D eigenvalue weighted by Crippen LogP contribution is -2.39. The Kier molecular flexibility index (Phi) is 8.37. The van der Waals surface area contributed by atoms with Crippen molar-refractivity contribution >= 4 is 5.71 Å². The van der Waals surface area contributed by atoms with Gasteiger partial charge >= 0.3 is 0 Å². The third-order valence-corrected chi connectivity index (χ3v) is 4.83. The molecule has 1 aliphatic heterocycles. The van der Waals surface area contributed by atoms with Crippen molar-refractivity contribution in [3.05, 3.63) is 71.5 Å². The average molecular weight is 415 g/mol. The zero-order chi connectivity index (χ0) is 21.3. The number of ether oxygens (including phenoxy) is 1. The first-order valence-corrected chi connectivity index (χ1v) is 10.5. The van der Waals surface area contributed by atoms with Crippen LogP contribution in [0.1, 0.15) is 31.4 Å². The van der Waals surface area contributed by atoms with Crippen molar-refractivity contribution in [2.75, 3.05) is 26.3 Å². The summed E-state index contributed by atoms with van der Waals surface area (Å²) in [6, 6.07) is 16.5. The second-order valence-corrected chi connectivity index (χ2v) is 8.24. The van der Waals surface area contributed by atoms with E-state index in [2.05, 4.69) is 23.9 Å². The normalized spacial score (nSPS) is 17.3. The lowest BCUT2D eigenvalue weighted by molar-refractivity contribution is -0.00735. The Labute approximate surface area is 178 Å². The molecule has 0 saturated heterocycles. The highest BCUT2D eigenvalue weighted by atomic mass is 19.1. The molecular weight excluding hydrogens is 383 g/mol. The van der Waals surface area contributed by atoms with Crippen LogP contribution in [0.25, 0.3) is 0 Å². The average Bonchev–Trinajstić information content (AvgIpc) is 3.17. The summed E-state index contributed by atoms with van der Waals surface area (Å²) in [6.07, 6.45) is -0.0466. The van der Waals surface area contributed by atoms with Crippen molar-refractivity contribution < 1.29 is 19.1 Å². The molecule has 0 aliphatic carbocycles. The highest BCUT2D eigenvalue weighted by Crippen LogP contribution is 2.19. The summed E-state index contributed by atoms with van der Waals surface area (Å²) in [5.74, 6) is 0.154. The summed E-state index contributed by atoms with van der Waals surface area (Å²) in [5.41, 5.74) is 2.83. The van der Waals surface area contributed by atoms with Crippen LogP contribution in [0.5, 0.6) is 0 Å². The van der Waals surface area contributed by atoms with E-state index >= 15 is 0 Å². The molecule has 0 fully saturated rings. The Balaban J connectivity index is 1.59. The minimum atomic E-state index is -0.631. The van der Waals surface area contributed by atoms with Crippen LogP contribution in [-0.2, 0) is 16.1 Å². The van der Waals surface area contributed by atoms with Crippen LogP contribution in [-0.4, -0.2) is 54.2 Å². The SMILES string of the molecule is CC(C)COC[C@H](O)CN(Cc1cccc(F)c1)C[C@@H]1CC(c2ccccc2)=NO1. The predicted octanol–water partition coefficient (Wildman–Crippen LogP) is 3.85. The molecule has 2 aromatic rings. The van der Waals surface area contributed by atoms with Crippen molar-refractivity contribution in [2.24, 2.45) is 11.1 Å². The van der Waals surface area contributed by atoms with Crippen molar-refractivity contribution in [2.45, 2.75) is 39.0 Å². The quantitative estimate of drug-likeness (QED) is 0.607. The smallest absolute Gasteiger partial charge is 0.145 e. The monoisotopic (exact) mass is 414 g/mol. The highest BCUT2D eigenvalue weighted by molar-refractivity contribution is 6.01. The summed E-state index contributed by atoms with van der Waals surface area (Å²) >= 11 is 0. The van der Waals surface area contributed by atoms with E-state index in [0.29, 0.717) is 38.6 Å². The number of hydrogen-bond donors (Lipinski definition) is 1. The van der Waals surface area contributed by atoms with Crippen molar-refractivity contribution in [1.82, 2.24) is 4.90 Å². The summed E-state index contributed by atoms with van der Waals surface area (Å²) in [7, 11) is 0. The van der Waals surface area contributed by atoms with Gasteiger partial charge in [0.1, 0.15) is 11.9 Å². The van der Waals surface area contributed by atoms with Gasteiger partial charge in [-0.1, -0.05) is 61.5 Å². The predicted molar refractivity (Wildman–Crippen MR) is 116 cm³/mol. The molecule has 162 valence electrons. The van der Waals surface area contributed by atoms with E-state index in [1.54, 1.807) is 6.07 Å². The maximum atomic E-state index is 13.6. The first kappa shape index (κ1) is 22.4. The van der Waals surface area contributed by atoms with Gasteiger partial charge in [-0.05, 0) is 29.2 Å². The molecule has 5 nitrogen and oxygen atoms in total. The van der Waals surface area contributed by atoms with E-state index in [4.69, 9.17) is 9.57 Å². The van der Waals surface area contributed by atoms with Gasteiger partial charge in [0.15, 0.2) is 0 Å². The maximum Gasteiger partial charge on any atom is 0.145 e. The molecule has 0 amide bonds. The Bertz CT molecular complexity index is 813. The molecule has 1 heterocycles. The lowest BCUT2D eigenvalue weighted by Gasteiger charge is -2.27. The van der Waals surface area contributed by atoms with E-state index in [-0.39, 0.29) is 18.5 Å². The largest absolute Gasteiger partial charge is 0.390 e. The second kappa shape index (κ2) is 11.2. The van der Waals surface area contributed by atoms with Gasteiger partial charge in [-0.25, -0.2) is 4.39 Å². The molecular formula is C24H31FN2O3. The van der Waals surface area contributed by atoms with Gasteiger partial charge in [0.05, 0.1) is 18.4 Å². The molecule has 0 unspecified atom stereocenters. The summed E-state index contributed by atoms with van der Waals surface area (Å²) in [4.78, 5) is 7.74. The van der Waals surface area contributed by atoms with E-state index in [0.717, 1.165) is 16.8 Å². The standard InChI is InChI=1S/C24H31FN2O3/c1-18(2)16-29-17-22(28)14-27(13-19-7-6-10-21(25)11-19)15-23-12-24(26-30-23)20-8-4-3-5-9-20/h3-11,18,22-23,28H,12-17H2,1-2H3/t22-,23+/m1/s1. The second-order valence-electron chi connectivity index (χ2n) is 8.24. The topological polar surface area (TPSA) is 54.3 Å². The number of aliphatic hydroxyl groups is 1. The number of hydrogen-bond acceptors (Lipinski definition) is 5. The molecule has 2 aromatic carbocycles. The van der Waals surface area contributed by atoms with Gasteiger partial charge in [-0.2, -0.15) is 0 Å². The third kappa shape index (κ3) is 7.20. The number of rotatable bonds is 11. The van der Waals surface area contributed by atoms with Crippen LogP contribution in [0.4, 0.5) is 4.39 Å². The van der Waals surface area contributed by atoms with Crippen molar-refractivity contribution in [1.29, 1.82) is 0 Å². The van der Waals surface area contributed by atoms with E-state index < -0.39 is 6.10 Å². The van der Waals surface area contributed by atoms with E-state index in [1.165, 1.54) is 12.1 Å². The summed E-state index contributed by atoms with van der Waals surface area (Å²) in [5, 5.41) is 14.7. The van der Waals surface area contributed by atoms with Crippen LogP contribution >= 0.6 is 0 Å². The van der Waals surface area contributed by atoms with E-state index in [9.17, 15) is 9.50 Å². The van der Waals surface area contributed by atoms with Gasteiger partial charge in [-0.15, -0.1) is 0 Å². The maximum absolute atomic E-state index is 13.6. The van der Waals surface area contributed by atoms with Crippen LogP contribution in [0.3, 0.4) is 0 Å². The molecule has 2 atom stereocenters. The van der Waals surface area contributed by atoms with Crippen molar-refractivity contribution in [3.63, 3.8) is 0 Å². The van der Waals surface area contributed by atoms with Crippen LogP contribution < -0.4 is 0 Å². The first-order valence-electron chi connectivity index (χ1n) is 10.5. The molecule has 0 saturated carbocycles. The van der Waals surface area contributed by atoms with Crippen LogP contribution in [0.2, 0.25) is 0 Å². The number of aliphatic hydroxyl groups excluding tert-OH is 1. The Morgan fingerprint density at radius 1 is 1.17 bits per heavy atom. The van der Waals surface area contributed by atoms with Gasteiger partial charge in [0.2, 0.25) is 0 Å². The molecule has 0 bridgehead atoms. The fourth-order valence-electron chi connectivity index (χ4n) is 3.50. The lowest BCUT2D eigenvalue weighted by atomic mass is 10.0. The van der Waals surface area contributed by atoms with Gasteiger partial charge < -0.3 is 14.7 Å². The molecule has 0 radical (unpaired) electrons. The third-order valence-electron chi connectivity index (χ3n) is 4.83. The van der Waals surface area contributed by atoms with Crippen LogP contribution in [0, 0.1) is 11.7 Å². The molecule has 0 aromatic heterocycles. The minimum absolute atomic E-state index is 0.113. The minimum Gasteiger partial charge on any atom is -0.390 e. The first-order chi connectivity index (χ1) is 14.5. The van der Waals surface area contributed by atoms with E-state index in [1.807, 2.05) is 36.4 Å². The fraction of sp³-hybridized carbons (Fsp3) is 0.458. The van der Waals surface area contributed by atoms with Gasteiger partial charge in [0, 0.05) is 32.7 Å². The van der Waals surface area contributed by atoms with Gasteiger partial charge in [0.25, 0.3) is 0 Å². The molecule has 6 heteroatoms. The van der Waals surface area contributed by atoms with Gasteiger partial charge in [-0.3, -0.25) is 4.90 Å². The molecule has 1 aliphatic rings. The van der Waals surface area contributed by atoms with Crippen LogP contribution in [0.15, 0.2) is 59.8 Å². The highest BCUT2D eigenvalue weighted by Gasteiger charge is 2.25. The number of nitrogens with zero attached hydrogens (tertiary/aromatic N) is 2. The Morgan fingerprint density at radius 3 is 2.70 bits per heavy atom. The zero-order valence-corrected chi connectivity index (χ0v) is 17.7. The Morgan fingerprint density at radius 2 is 1.97 bits per heavy atom. The summed E-state index contributed by atoms with van der Waals surface area (Å²) in [6.45, 7) is 6.54. The number of halogens is 1. The number of oxime groups is 1. The Hall–Kier alpha value is -2.28. The summed E-state index contributed by atoms with van der Waals surface area (Å²) < 4.78 is 19.2. The zero-order valence-electron chi connectivity index (χ0n) is 17.7. The molecule has 30 heavy (non-hydrogen) atoms. The molecule has 3 rings (SSSR count). The molecule has 1 N–H and O–H groups in total. The number of benzene rings is 2. The van der Waals surface area contributed by atoms with Crippen molar-refractivity contribution in [3.8, 4) is 0 Å².